The summed E-state index contributed by atoms with van der Waals surface area (Å²) in [5.74, 6) is -1.21. The molecule has 1 rings (SSSR count). The lowest BCUT2D eigenvalue weighted by atomic mass is 9.92. The molecule has 1 aliphatic carbocycles. The molecular weight excluding hydrogens is 222 g/mol. The lowest BCUT2D eigenvalue weighted by Crippen LogP contribution is -2.50. The highest BCUT2D eigenvalue weighted by Crippen LogP contribution is 2.32. The van der Waals surface area contributed by atoms with E-state index in [1.54, 1.807) is 14.0 Å². The highest BCUT2D eigenvalue weighted by molar-refractivity contribution is 5.80. The van der Waals surface area contributed by atoms with Gasteiger partial charge in [0.15, 0.2) is 0 Å². The van der Waals surface area contributed by atoms with Crippen molar-refractivity contribution in [1.82, 2.24) is 5.32 Å². The molecule has 0 aliphatic heterocycles. The van der Waals surface area contributed by atoms with Crippen LogP contribution in [0.25, 0.3) is 0 Å². The van der Waals surface area contributed by atoms with Crippen LogP contribution in [0, 0.1) is 5.92 Å². The number of hydrogen-bond donors (Lipinski definition) is 2. The zero-order valence-electron chi connectivity index (χ0n) is 10.5. The number of aliphatic carboxylic acids is 1. The third-order valence-corrected chi connectivity index (χ3v) is 3.30. The predicted octanol–water partition coefficient (Wildman–Crippen LogP) is 1.17. The molecule has 0 radical (unpaired) electrons. The number of carbonyl (C=O) groups excluding carboxylic acids is 1. The van der Waals surface area contributed by atoms with Gasteiger partial charge < -0.3 is 15.2 Å². The Morgan fingerprint density at radius 3 is 2.47 bits per heavy atom. The number of ether oxygens (including phenoxy) is 1. The Bertz CT molecular complexity index is 284. The normalized spacial score (nSPS) is 19.9. The molecule has 1 saturated carbocycles. The first-order valence-electron chi connectivity index (χ1n) is 6.02. The van der Waals surface area contributed by atoms with Crippen molar-refractivity contribution in [3.63, 3.8) is 0 Å². The average Bonchev–Trinajstić information content (AvgIpc) is 2.65. The Labute approximate surface area is 102 Å². The van der Waals surface area contributed by atoms with Crippen LogP contribution >= 0.6 is 0 Å². The first kappa shape index (κ1) is 14.0. The Balaban J connectivity index is 2.60. The molecule has 1 aliphatic rings. The second-order valence-corrected chi connectivity index (χ2v) is 4.90. The largest absolute Gasteiger partial charge is 0.481 e. The van der Waals surface area contributed by atoms with Crippen molar-refractivity contribution in [2.75, 3.05) is 13.7 Å². The van der Waals surface area contributed by atoms with Crippen molar-refractivity contribution in [2.24, 2.45) is 5.92 Å². The topological polar surface area (TPSA) is 75.6 Å². The summed E-state index contributed by atoms with van der Waals surface area (Å²) in [6.07, 6.45) is 3.48. The van der Waals surface area contributed by atoms with Gasteiger partial charge in [-0.05, 0) is 12.8 Å². The van der Waals surface area contributed by atoms with E-state index in [0.717, 1.165) is 25.7 Å². The molecule has 1 fully saturated rings. The highest BCUT2D eigenvalue weighted by Gasteiger charge is 2.38. The van der Waals surface area contributed by atoms with Crippen molar-refractivity contribution >= 4 is 11.9 Å². The molecule has 2 N–H and O–H groups in total. The SMILES string of the molecule is COCC(C)C(=O)NC1(CC(=O)O)CCCC1. The van der Waals surface area contributed by atoms with Crippen LogP contribution in [-0.4, -0.2) is 36.2 Å². The number of hydrogen-bond acceptors (Lipinski definition) is 3. The van der Waals surface area contributed by atoms with Gasteiger partial charge in [0, 0.05) is 7.11 Å². The summed E-state index contributed by atoms with van der Waals surface area (Å²) in [4.78, 5) is 22.8. The number of methoxy groups -OCH3 is 1. The Kier molecular flexibility index (Phi) is 4.93. The molecule has 0 aromatic rings. The second-order valence-electron chi connectivity index (χ2n) is 4.90. The molecule has 0 spiro atoms. The lowest BCUT2D eigenvalue weighted by Gasteiger charge is -2.30. The minimum Gasteiger partial charge on any atom is -0.481 e. The first-order chi connectivity index (χ1) is 7.99. The van der Waals surface area contributed by atoms with Gasteiger partial charge >= 0.3 is 5.97 Å². The van der Waals surface area contributed by atoms with Crippen LogP contribution in [0.3, 0.4) is 0 Å². The minimum absolute atomic E-state index is 0.0123. The minimum atomic E-state index is -0.855. The summed E-state index contributed by atoms with van der Waals surface area (Å²) in [5, 5.41) is 11.8. The van der Waals surface area contributed by atoms with Gasteiger partial charge in [-0.1, -0.05) is 19.8 Å². The van der Waals surface area contributed by atoms with E-state index in [0.29, 0.717) is 6.61 Å². The summed E-state index contributed by atoms with van der Waals surface area (Å²) in [6.45, 7) is 2.14. The molecule has 98 valence electrons. The van der Waals surface area contributed by atoms with E-state index in [1.165, 1.54) is 0 Å². The van der Waals surface area contributed by atoms with Crippen LogP contribution in [0.2, 0.25) is 0 Å². The second kappa shape index (κ2) is 6.00. The predicted molar refractivity (Wildman–Crippen MR) is 62.6 cm³/mol. The maximum absolute atomic E-state index is 11.9. The molecular formula is C12H21NO4. The molecule has 0 saturated heterocycles. The van der Waals surface area contributed by atoms with Crippen LogP contribution in [-0.2, 0) is 14.3 Å². The lowest BCUT2D eigenvalue weighted by molar-refractivity contribution is -0.139. The van der Waals surface area contributed by atoms with Crippen LogP contribution in [0.1, 0.15) is 39.0 Å². The summed E-state index contributed by atoms with van der Waals surface area (Å²) in [6, 6.07) is 0. The fourth-order valence-corrected chi connectivity index (χ4v) is 2.40. The number of rotatable bonds is 6. The Hall–Kier alpha value is -1.10. The van der Waals surface area contributed by atoms with E-state index in [-0.39, 0.29) is 18.2 Å². The van der Waals surface area contributed by atoms with E-state index < -0.39 is 11.5 Å². The van der Waals surface area contributed by atoms with Crippen molar-refractivity contribution in [1.29, 1.82) is 0 Å². The fraction of sp³-hybridized carbons (Fsp3) is 0.833. The smallest absolute Gasteiger partial charge is 0.305 e. The van der Waals surface area contributed by atoms with E-state index in [9.17, 15) is 9.59 Å². The number of carbonyl (C=O) groups is 2. The molecule has 5 nitrogen and oxygen atoms in total. The molecule has 1 atom stereocenters. The fourth-order valence-electron chi connectivity index (χ4n) is 2.40. The van der Waals surface area contributed by atoms with Crippen LogP contribution < -0.4 is 5.32 Å². The van der Waals surface area contributed by atoms with Gasteiger partial charge in [-0.15, -0.1) is 0 Å². The number of carboxylic acids is 1. The monoisotopic (exact) mass is 243 g/mol. The van der Waals surface area contributed by atoms with Crippen LogP contribution in [0.15, 0.2) is 0 Å². The highest BCUT2D eigenvalue weighted by atomic mass is 16.5. The zero-order chi connectivity index (χ0) is 12.9. The summed E-state index contributed by atoms with van der Waals surface area (Å²) in [5.41, 5.74) is -0.537. The van der Waals surface area contributed by atoms with Crippen molar-refractivity contribution in [3.8, 4) is 0 Å². The van der Waals surface area contributed by atoms with Gasteiger partial charge in [0.05, 0.1) is 24.5 Å². The molecule has 0 heterocycles. The summed E-state index contributed by atoms with van der Waals surface area (Å²) in [7, 11) is 1.55. The molecule has 1 amide bonds. The van der Waals surface area contributed by atoms with Crippen LogP contribution in [0.4, 0.5) is 0 Å². The maximum atomic E-state index is 11.9. The third-order valence-electron chi connectivity index (χ3n) is 3.30. The van der Waals surface area contributed by atoms with Gasteiger partial charge in [0.1, 0.15) is 0 Å². The van der Waals surface area contributed by atoms with Gasteiger partial charge in [0.2, 0.25) is 5.91 Å². The number of amides is 1. The first-order valence-corrected chi connectivity index (χ1v) is 6.02. The van der Waals surface area contributed by atoms with E-state index in [4.69, 9.17) is 9.84 Å². The van der Waals surface area contributed by atoms with Crippen molar-refractivity contribution < 1.29 is 19.4 Å². The average molecular weight is 243 g/mol. The van der Waals surface area contributed by atoms with Gasteiger partial charge in [-0.2, -0.15) is 0 Å². The standard InChI is InChI=1S/C12H21NO4/c1-9(8-17-2)11(16)13-12(7-10(14)15)5-3-4-6-12/h9H,3-8H2,1-2H3,(H,13,16)(H,14,15). The third kappa shape index (κ3) is 4.00. The van der Waals surface area contributed by atoms with Gasteiger partial charge in [-0.25, -0.2) is 0 Å². The van der Waals surface area contributed by atoms with E-state index >= 15 is 0 Å². The van der Waals surface area contributed by atoms with E-state index in [1.807, 2.05) is 0 Å². The van der Waals surface area contributed by atoms with Crippen molar-refractivity contribution in [3.05, 3.63) is 0 Å². The van der Waals surface area contributed by atoms with Crippen molar-refractivity contribution in [2.45, 2.75) is 44.6 Å². The van der Waals surface area contributed by atoms with Crippen LogP contribution in [0.5, 0.6) is 0 Å². The number of carboxylic acid groups (broad SMARTS) is 1. The van der Waals surface area contributed by atoms with Gasteiger partial charge in [0.25, 0.3) is 0 Å². The Morgan fingerprint density at radius 1 is 1.41 bits per heavy atom. The number of nitrogens with one attached hydrogen (secondary N) is 1. The Morgan fingerprint density at radius 2 is 2.00 bits per heavy atom. The quantitative estimate of drug-likeness (QED) is 0.734. The molecule has 0 aromatic heterocycles. The molecule has 0 bridgehead atoms. The molecule has 0 aromatic carbocycles. The summed E-state index contributed by atoms with van der Waals surface area (Å²) < 4.78 is 4.93. The maximum Gasteiger partial charge on any atom is 0.305 e. The zero-order valence-corrected chi connectivity index (χ0v) is 10.5. The summed E-state index contributed by atoms with van der Waals surface area (Å²) >= 11 is 0. The molecule has 17 heavy (non-hydrogen) atoms. The molecule has 1 unspecified atom stereocenters. The van der Waals surface area contributed by atoms with E-state index in [2.05, 4.69) is 5.32 Å². The molecule has 5 heteroatoms. The van der Waals surface area contributed by atoms with Gasteiger partial charge in [-0.3, -0.25) is 9.59 Å².